The Bertz CT molecular complexity index is 497. The van der Waals surface area contributed by atoms with Crippen LogP contribution in [-0.4, -0.2) is 23.3 Å². The minimum Gasteiger partial charge on any atom is -0.502 e. The van der Waals surface area contributed by atoms with Gasteiger partial charge in [0.1, 0.15) is 0 Å². The van der Waals surface area contributed by atoms with Crippen molar-refractivity contribution in [2.45, 2.75) is 18.3 Å². The summed E-state index contributed by atoms with van der Waals surface area (Å²) in [6, 6.07) is 1.05. The molecule has 0 heterocycles. The molecule has 1 aliphatic carbocycles. The number of hydrogen-bond acceptors (Lipinski definition) is 3. The van der Waals surface area contributed by atoms with Crippen molar-refractivity contribution < 1.29 is 24.1 Å². The molecule has 1 aromatic carbocycles. The number of aromatic hydroxyl groups is 1. The highest BCUT2D eigenvalue weighted by Crippen LogP contribution is 2.56. The molecule has 2 N–H and O–H groups in total. The van der Waals surface area contributed by atoms with Crippen molar-refractivity contribution in [3.63, 3.8) is 0 Å². The highest BCUT2D eigenvalue weighted by atomic mass is 79.9. The SMILES string of the molecule is COc1c(O)c(F)cc(Br)c1C1(C(=O)O)CC1. The quantitative estimate of drug-likeness (QED) is 0.900. The van der Waals surface area contributed by atoms with E-state index >= 15 is 0 Å². The zero-order valence-corrected chi connectivity index (χ0v) is 10.5. The zero-order valence-electron chi connectivity index (χ0n) is 8.96. The normalized spacial score (nSPS) is 16.6. The van der Waals surface area contributed by atoms with E-state index < -0.39 is 23.0 Å². The molecule has 0 saturated heterocycles. The number of carboxylic acids is 1. The molecular weight excluding hydrogens is 295 g/mol. The van der Waals surface area contributed by atoms with Crippen LogP contribution in [0.15, 0.2) is 10.5 Å². The summed E-state index contributed by atoms with van der Waals surface area (Å²) < 4.78 is 18.5. The van der Waals surface area contributed by atoms with Gasteiger partial charge < -0.3 is 14.9 Å². The highest BCUT2D eigenvalue weighted by molar-refractivity contribution is 9.10. The van der Waals surface area contributed by atoms with Gasteiger partial charge in [-0.25, -0.2) is 4.39 Å². The monoisotopic (exact) mass is 304 g/mol. The van der Waals surface area contributed by atoms with E-state index in [2.05, 4.69) is 15.9 Å². The third kappa shape index (κ3) is 1.67. The first-order chi connectivity index (χ1) is 7.94. The van der Waals surface area contributed by atoms with Gasteiger partial charge in [0.05, 0.1) is 12.5 Å². The molecule has 1 fully saturated rings. The van der Waals surface area contributed by atoms with Crippen LogP contribution in [0.5, 0.6) is 11.5 Å². The maximum atomic E-state index is 13.3. The van der Waals surface area contributed by atoms with Crippen LogP contribution in [0.25, 0.3) is 0 Å². The molecule has 0 amide bonds. The molecule has 17 heavy (non-hydrogen) atoms. The number of phenolic OH excluding ortho intramolecular Hbond substituents is 1. The minimum atomic E-state index is -1.07. The van der Waals surface area contributed by atoms with Crippen LogP contribution in [0.1, 0.15) is 18.4 Å². The van der Waals surface area contributed by atoms with E-state index in [-0.39, 0.29) is 5.75 Å². The number of carboxylic acid groups (broad SMARTS) is 1. The van der Waals surface area contributed by atoms with Crippen molar-refractivity contribution in [1.29, 1.82) is 0 Å². The van der Waals surface area contributed by atoms with Crippen molar-refractivity contribution in [2.24, 2.45) is 0 Å². The Balaban J connectivity index is 2.69. The predicted molar refractivity (Wildman–Crippen MR) is 60.9 cm³/mol. The molecule has 4 nitrogen and oxygen atoms in total. The summed E-state index contributed by atoms with van der Waals surface area (Å²) in [5.41, 5.74) is -0.776. The highest BCUT2D eigenvalue weighted by Gasteiger charge is 2.55. The third-order valence-electron chi connectivity index (χ3n) is 3.00. The molecule has 0 aliphatic heterocycles. The lowest BCUT2D eigenvalue weighted by atomic mass is 9.94. The number of rotatable bonds is 3. The van der Waals surface area contributed by atoms with E-state index in [4.69, 9.17) is 4.74 Å². The number of aliphatic carboxylic acids is 1. The molecule has 1 saturated carbocycles. The second-order valence-electron chi connectivity index (χ2n) is 3.98. The van der Waals surface area contributed by atoms with Gasteiger partial charge in [0.25, 0.3) is 0 Å². The first-order valence-electron chi connectivity index (χ1n) is 4.93. The van der Waals surface area contributed by atoms with Gasteiger partial charge in [-0.2, -0.15) is 0 Å². The Morgan fingerprint density at radius 2 is 2.18 bits per heavy atom. The van der Waals surface area contributed by atoms with Gasteiger partial charge in [-0.3, -0.25) is 4.79 Å². The summed E-state index contributed by atoms with van der Waals surface area (Å²) in [4.78, 5) is 11.2. The fourth-order valence-electron chi connectivity index (χ4n) is 1.93. The molecular formula is C11H10BrFO4. The number of ether oxygens (including phenoxy) is 1. The Kier molecular flexibility index (Phi) is 2.77. The first-order valence-corrected chi connectivity index (χ1v) is 5.72. The van der Waals surface area contributed by atoms with Crippen molar-refractivity contribution in [1.82, 2.24) is 0 Å². The van der Waals surface area contributed by atoms with Gasteiger partial charge in [-0.15, -0.1) is 0 Å². The molecule has 0 bridgehead atoms. The maximum absolute atomic E-state index is 13.3. The van der Waals surface area contributed by atoms with E-state index in [1.165, 1.54) is 7.11 Å². The second-order valence-corrected chi connectivity index (χ2v) is 4.84. The largest absolute Gasteiger partial charge is 0.502 e. The summed E-state index contributed by atoms with van der Waals surface area (Å²) in [5.74, 6) is -2.61. The fraction of sp³-hybridized carbons (Fsp3) is 0.364. The second kappa shape index (κ2) is 3.87. The number of hydrogen-bond donors (Lipinski definition) is 2. The maximum Gasteiger partial charge on any atom is 0.314 e. The molecule has 2 rings (SSSR count). The van der Waals surface area contributed by atoms with E-state index in [0.717, 1.165) is 6.07 Å². The number of methoxy groups -OCH3 is 1. The Morgan fingerprint density at radius 3 is 2.59 bits per heavy atom. The first kappa shape index (κ1) is 12.2. The summed E-state index contributed by atoms with van der Waals surface area (Å²) in [6.07, 6.45) is 0.894. The average molecular weight is 305 g/mol. The lowest BCUT2D eigenvalue weighted by Gasteiger charge is -2.18. The molecule has 0 aromatic heterocycles. The summed E-state index contributed by atoms with van der Waals surface area (Å²) >= 11 is 3.12. The van der Waals surface area contributed by atoms with Gasteiger partial charge in [0, 0.05) is 10.0 Å². The van der Waals surface area contributed by atoms with Crippen molar-refractivity contribution >= 4 is 21.9 Å². The average Bonchev–Trinajstić information content (AvgIpc) is 3.04. The topological polar surface area (TPSA) is 66.8 Å². The van der Waals surface area contributed by atoms with Crippen LogP contribution in [0, 0.1) is 5.82 Å². The molecule has 1 aliphatic rings. The van der Waals surface area contributed by atoms with Crippen LogP contribution in [0.2, 0.25) is 0 Å². The van der Waals surface area contributed by atoms with Crippen molar-refractivity contribution in [3.8, 4) is 11.5 Å². The van der Waals surface area contributed by atoms with E-state index in [9.17, 15) is 19.4 Å². The summed E-state index contributed by atoms with van der Waals surface area (Å²) in [6.45, 7) is 0. The Hall–Kier alpha value is -1.30. The van der Waals surface area contributed by atoms with Gasteiger partial charge >= 0.3 is 5.97 Å². The summed E-state index contributed by atoms with van der Waals surface area (Å²) in [5, 5.41) is 18.8. The van der Waals surface area contributed by atoms with Gasteiger partial charge in [0.2, 0.25) is 0 Å². The Labute approximate surface area is 105 Å². The smallest absolute Gasteiger partial charge is 0.314 e. The molecule has 6 heteroatoms. The van der Waals surface area contributed by atoms with Crippen LogP contribution >= 0.6 is 15.9 Å². The van der Waals surface area contributed by atoms with E-state index in [1.807, 2.05) is 0 Å². The van der Waals surface area contributed by atoms with Gasteiger partial charge in [-0.1, -0.05) is 15.9 Å². The predicted octanol–water partition coefficient (Wildman–Crippen LogP) is 2.42. The summed E-state index contributed by atoms with van der Waals surface area (Å²) in [7, 11) is 1.27. The molecule has 0 spiro atoms. The van der Waals surface area contributed by atoms with Crippen LogP contribution in [-0.2, 0) is 10.2 Å². The van der Waals surface area contributed by atoms with Gasteiger partial charge in [0.15, 0.2) is 17.3 Å². The lowest BCUT2D eigenvalue weighted by molar-refractivity contribution is -0.140. The molecule has 1 aromatic rings. The number of carbonyl (C=O) groups is 1. The zero-order chi connectivity index (χ0) is 12.8. The number of phenols is 1. The minimum absolute atomic E-state index is 0.114. The Morgan fingerprint density at radius 1 is 1.59 bits per heavy atom. The lowest BCUT2D eigenvalue weighted by Crippen LogP contribution is -2.21. The van der Waals surface area contributed by atoms with Crippen molar-refractivity contribution in [2.75, 3.05) is 7.11 Å². The van der Waals surface area contributed by atoms with Crippen LogP contribution in [0.4, 0.5) is 4.39 Å². The third-order valence-corrected chi connectivity index (χ3v) is 3.63. The van der Waals surface area contributed by atoms with E-state index in [0.29, 0.717) is 22.9 Å². The van der Waals surface area contributed by atoms with E-state index in [1.54, 1.807) is 0 Å². The molecule has 0 unspecified atom stereocenters. The molecule has 0 radical (unpaired) electrons. The standard InChI is InChI=1S/C11H10BrFO4/c1-17-9-7(11(2-3-11)10(15)16)5(12)4-6(13)8(9)14/h4,14H,2-3H2,1H3,(H,15,16). The fourth-order valence-corrected chi connectivity index (χ4v) is 2.69. The van der Waals surface area contributed by atoms with Crippen LogP contribution in [0.3, 0.4) is 0 Å². The number of benzene rings is 1. The van der Waals surface area contributed by atoms with Gasteiger partial charge in [-0.05, 0) is 18.9 Å². The van der Waals surface area contributed by atoms with Crippen molar-refractivity contribution in [3.05, 3.63) is 21.9 Å². The molecule has 92 valence electrons. The van der Waals surface area contributed by atoms with Crippen LogP contribution < -0.4 is 4.74 Å². The number of halogens is 2. The molecule has 0 atom stereocenters.